The molecule has 0 rings (SSSR count). The van der Waals surface area contributed by atoms with Gasteiger partial charge in [-0.2, -0.15) is 0 Å². The van der Waals surface area contributed by atoms with Crippen molar-refractivity contribution in [2.24, 2.45) is 0 Å². The van der Waals surface area contributed by atoms with E-state index in [1.165, 1.54) is 6.08 Å². The summed E-state index contributed by atoms with van der Waals surface area (Å²) in [5.74, 6) is -0.891. The fraction of sp³-hybridized carbons (Fsp3) is 0.750. The third-order valence-electron chi connectivity index (χ3n) is 2.38. The van der Waals surface area contributed by atoms with Crippen LogP contribution in [0.25, 0.3) is 0 Å². The summed E-state index contributed by atoms with van der Waals surface area (Å²) < 4.78 is 0. The number of unbranched alkanes of at least 4 members (excludes halogenated alkanes) is 5. The summed E-state index contributed by atoms with van der Waals surface area (Å²) in [5, 5.41) is 26.0. The molecule has 16 heavy (non-hydrogen) atoms. The molecule has 1 atom stereocenters. The topological polar surface area (TPSA) is 77.8 Å². The molecular formula is C12H22O4. The minimum Gasteiger partial charge on any atom is -0.478 e. The van der Waals surface area contributed by atoms with Gasteiger partial charge in [0.1, 0.15) is 0 Å². The summed E-state index contributed by atoms with van der Waals surface area (Å²) in [6.45, 7) is -0.153. The van der Waals surface area contributed by atoms with E-state index in [-0.39, 0.29) is 6.61 Å². The zero-order valence-corrected chi connectivity index (χ0v) is 9.64. The highest BCUT2D eigenvalue weighted by Gasteiger charge is 2.00. The van der Waals surface area contributed by atoms with Crippen LogP contribution in [0.2, 0.25) is 0 Å². The fourth-order valence-corrected chi connectivity index (χ4v) is 1.45. The van der Waals surface area contributed by atoms with Gasteiger partial charge in [-0.25, -0.2) is 4.79 Å². The van der Waals surface area contributed by atoms with Crippen molar-refractivity contribution in [2.45, 2.75) is 51.0 Å². The van der Waals surface area contributed by atoms with E-state index in [2.05, 4.69) is 0 Å². The first kappa shape index (κ1) is 15.1. The zero-order valence-electron chi connectivity index (χ0n) is 9.64. The van der Waals surface area contributed by atoms with E-state index in [1.807, 2.05) is 0 Å². The quantitative estimate of drug-likeness (QED) is 0.394. The molecule has 0 aliphatic rings. The van der Waals surface area contributed by atoms with Gasteiger partial charge in [-0.3, -0.25) is 0 Å². The van der Waals surface area contributed by atoms with E-state index in [1.54, 1.807) is 6.08 Å². The van der Waals surface area contributed by atoms with E-state index in [4.69, 9.17) is 15.3 Å². The Kier molecular flexibility index (Phi) is 10.1. The summed E-state index contributed by atoms with van der Waals surface area (Å²) in [4.78, 5) is 10.1. The Bertz CT molecular complexity index is 201. The van der Waals surface area contributed by atoms with Crippen molar-refractivity contribution in [3.8, 4) is 0 Å². The van der Waals surface area contributed by atoms with Crippen LogP contribution in [0.5, 0.6) is 0 Å². The maximum Gasteiger partial charge on any atom is 0.327 e. The average Bonchev–Trinajstić information content (AvgIpc) is 2.26. The minimum atomic E-state index is -0.891. The van der Waals surface area contributed by atoms with Crippen LogP contribution in [0.4, 0.5) is 0 Å². The Morgan fingerprint density at radius 2 is 1.75 bits per heavy atom. The van der Waals surface area contributed by atoms with Gasteiger partial charge in [0.05, 0.1) is 12.7 Å². The van der Waals surface area contributed by atoms with Crippen molar-refractivity contribution in [3.05, 3.63) is 12.2 Å². The summed E-state index contributed by atoms with van der Waals surface area (Å²) in [6, 6.07) is 0. The molecule has 0 saturated heterocycles. The van der Waals surface area contributed by atoms with Gasteiger partial charge in [-0.15, -0.1) is 0 Å². The Balaban J connectivity index is 3.13. The number of carboxylic acids is 1. The molecule has 0 aromatic heterocycles. The van der Waals surface area contributed by atoms with E-state index in [0.717, 1.165) is 38.5 Å². The van der Waals surface area contributed by atoms with Crippen molar-refractivity contribution in [2.75, 3.05) is 6.61 Å². The van der Waals surface area contributed by atoms with E-state index in [9.17, 15) is 4.79 Å². The lowest BCUT2D eigenvalue weighted by atomic mass is 10.1. The lowest BCUT2D eigenvalue weighted by molar-refractivity contribution is -0.131. The number of carboxylic acid groups (broad SMARTS) is 1. The van der Waals surface area contributed by atoms with Crippen LogP contribution in [0.15, 0.2) is 12.2 Å². The largest absolute Gasteiger partial charge is 0.478 e. The number of aliphatic hydroxyl groups is 2. The maximum atomic E-state index is 10.1. The van der Waals surface area contributed by atoms with Crippen LogP contribution in [0.3, 0.4) is 0 Å². The molecule has 0 fully saturated rings. The second-order valence-corrected chi connectivity index (χ2v) is 3.92. The van der Waals surface area contributed by atoms with Crippen LogP contribution >= 0.6 is 0 Å². The predicted molar refractivity (Wildman–Crippen MR) is 62.2 cm³/mol. The van der Waals surface area contributed by atoms with Crippen LogP contribution in [-0.2, 0) is 4.79 Å². The normalized spacial score (nSPS) is 13.1. The number of aliphatic hydroxyl groups excluding tert-OH is 2. The van der Waals surface area contributed by atoms with Crippen LogP contribution in [0.1, 0.15) is 44.9 Å². The molecule has 0 radical (unpaired) electrons. The van der Waals surface area contributed by atoms with Gasteiger partial charge in [-0.1, -0.05) is 31.8 Å². The molecule has 94 valence electrons. The monoisotopic (exact) mass is 230 g/mol. The van der Waals surface area contributed by atoms with E-state index in [0.29, 0.717) is 6.42 Å². The first-order chi connectivity index (χ1) is 7.66. The van der Waals surface area contributed by atoms with Gasteiger partial charge in [-0.05, 0) is 19.3 Å². The van der Waals surface area contributed by atoms with Crippen molar-refractivity contribution < 1.29 is 20.1 Å². The average molecular weight is 230 g/mol. The van der Waals surface area contributed by atoms with E-state index >= 15 is 0 Å². The number of aliphatic carboxylic acids is 1. The molecule has 4 heteroatoms. The molecule has 0 aliphatic carbocycles. The van der Waals surface area contributed by atoms with E-state index < -0.39 is 12.1 Å². The predicted octanol–water partition coefficient (Wildman–Crippen LogP) is 1.71. The SMILES string of the molecule is O=C(O)/C=C/CCCCCCC[C@@H](O)CO. The van der Waals surface area contributed by atoms with Crippen molar-refractivity contribution in [3.63, 3.8) is 0 Å². The minimum absolute atomic E-state index is 0.153. The molecule has 0 aliphatic heterocycles. The molecule has 0 aromatic rings. The molecule has 0 heterocycles. The lowest BCUT2D eigenvalue weighted by Gasteiger charge is -2.05. The Labute approximate surface area is 96.6 Å². The highest BCUT2D eigenvalue weighted by molar-refractivity contribution is 5.79. The third kappa shape index (κ3) is 11.2. The Morgan fingerprint density at radius 3 is 2.38 bits per heavy atom. The van der Waals surface area contributed by atoms with Gasteiger partial charge in [0, 0.05) is 6.08 Å². The smallest absolute Gasteiger partial charge is 0.327 e. The summed E-state index contributed by atoms with van der Waals surface area (Å²) in [6.07, 6.45) is 8.94. The highest BCUT2D eigenvalue weighted by atomic mass is 16.4. The second kappa shape index (κ2) is 10.6. The lowest BCUT2D eigenvalue weighted by Crippen LogP contribution is -2.10. The second-order valence-electron chi connectivity index (χ2n) is 3.92. The maximum absolute atomic E-state index is 10.1. The molecule has 0 bridgehead atoms. The standard InChI is InChI=1S/C12H22O4/c13-10-11(14)8-6-4-2-1-3-5-7-9-12(15)16/h7,9,11,13-14H,1-6,8,10H2,(H,15,16)/b9-7+/t11-/m1/s1. The van der Waals surface area contributed by atoms with Crippen LogP contribution < -0.4 is 0 Å². The van der Waals surface area contributed by atoms with Crippen LogP contribution in [-0.4, -0.2) is 34.0 Å². The number of hydrogen-bond acceptors (Lipinski definition) is 3. The number of rotatable bonds is 10. The van der Waals surface area contributed by atoms with Gasteiger partial charge >= 0.3 is 5.97 Å². The first-order valence-electron chi connectivity index (χ1n) is 5.85. The highest BCUT2D eigenvalue weighted by Crippen LogP contribution is 2.08. The van der Waals surface area contributed by atoms with Crippen molar-refractivity contribution in [1.29, 1.82) is 0 Å². The van der Waals surface area contributed by atoms with Crippen molar-refractivity contribution in [1.82, 2.24) is 0 Å². The molecular weight excluding hydrogens is 208 g/mol. The molecule has 3 N–H and O–H groups in total. The number of allylic oxidation sites excluding steroid dienone is 1. The Hall–Kier alpha value is -0.870. The van der Waals surface area contributed by atoms with Gasteiger partial charge in [0.2, 0.25) is 0 Å². The van der Waals surface area contributed by atoms with Gasteiger partial charge in [0.25, 0.3) is 0 Å². The first-order valence-corrected chi connectivity index (χ1v) is 5.85. The van der Waals surface area contributed by atoms with Crippen molar-refractivity contribution >= 4 is 5.97 Å². The number of hydrogen-bond donors (Lipinski definition) is 3. The van der Waals surface area contributed by atoms with Gasteiger partial charge < -0.3 is 15.3 Å². The third-order valence-corrected chi connectivity index (χ3v) is 2.38. The Morgan fingerprint density at radius 1 is 1.12 bits per heavy atom. The molecule has 0 unspecified atom stereocenters. The molecule has 0 amide bonds. The van der Waals surface area contributed by atoms with Crippen LogP contribution in [0, 0.1) is 0 Å². The molecule has 4 nitrogen and oxygen atoms in total. The zero-order chi connectivity index (χ0) is 12.2. The molecule has 0 aromatic carbocycles. The summed E-state index contributed by atoms with van der Waals surface area (Å²) in [5.41, 5.74) is 0. The summed E-state index contributed by atoms with van der Waals surface area (Å²) in [7, 11) is 0. The van der Waals surface area contributed by atoms with Gasteiger partial charge in [0.15, 0.2) is 0 Å². The molecule has 0 saturated carbocycles. The summed E-state index contributed by atoms with van der Waals surface area (Å²) >= 11 is 0. The number of carbonyl (C=O) groups is 1. The fourth-order valence-electron chi connectivity index (χ4n) is 1.45. The molecule has 0 spiro atoms.